The molecule has 2 N–H and O–H groups in total. The van der Waals surface area contributed by atoms with Crippen molar-refractivity contribution in [3.05, 3.63) is 0 Å². The van der Waals surface area contributed by atoms with Crippen LogP contribution in [0.5, 0.6) is 0 Å². The van der Waals surface area contributed by atoms with Crippen LogP contribution in [0.25, 0.3) is 0 Å². The monoisotopic (exact) mass is 271 g/mol. The molecule has 0 saturated carbocycles. The van der Waals surface area contributed by atoms with Crippen molar-refractivity contribution < 1.29 is 24.6 Å². The van der Waals surface area contributed by atoms with Crippen molar-refractivity contribution in [3.8, 4) is 0 Å². The van der Waals surface area contributed by atoms with Crippen LogP contribution < -0.4 is 0 Å². The van der Waals surface area contributed by atoms with Crippen LogP contribution in [0, 0.1) is 5.41 Å². The van der Waals surface area contributed by atoms with Gasteiger partial charge in [0.25, 0.3) is 5.91 Å². The number of amides is 1. The Morgan fingerprint density at radius 2 is 2.05 bits per heavy atom. The van der Waals surface area contributed by atoms with Gasteiger partial charge in [0.2, 0.25) is 0 Å². The highest BCUT2D eigenvalue weighted by atomic mass is 16.8. The second kappa shape index (κ2) is 3.91. The van der Waals surface area contributed by atoms with Crippen LogP contribution in [0.1, 0.15) is 46.0 Å². The van der Waals surface area contributed by atoms with Gasteiger partial charge in [0.15, 0.2) is 11.5 Å². The lowest BCUT2D eigenvalue weighted by Crippen LogP contribution is -2.68. The summed E-state index contributed by atoms with van der Waals surface area (Å²) in [5.41, 5.74) is -2.35. The van der Waals surface area contributed by atoms with Crippen molar-refractivity contribution >= 4 is 5.91 Å². The number of rotatable bonds is 0. The van der Waals surface area contributed by atoms with E-state index in [1.165, 1.54) is 5.06 Å². The van der Waals surface area contributed by atoms with E-state index < -0.39 is 23.0 Å². The fraction of sp³-hybridized carbons (Fsp3) is 0.923. The van der Waals surface area contributed by atoms with Gasteiger partial charge in [-0.05, 0) is 26.7 Å². The minimum absolute atomic E-state index is 0.0333. The number of carbonyl (C=O) groups excluding carboxylic acids is 1. The number of aliphatic hydroxyl groups excluding tert-OH is 1. The van der Waals surface area contributed by atoms with E-state index >= 15 is 0 Å². The Bertz CT molecular complexity index is 412. The SMILES string of the molecule is CC1(C)C(=O)N2OCCCCC[C@@]23O[C@]1(O)C[C@@H]3O. The van der Waals surface area contributed by atoms with Crippen LogP contribution in [0.2, 0.25) is 0 Å². The Morgan fingerprint density at radius 3 is 2.79 bits per heavy atom. The average Bonchev–Trinajstić information content (AvgIpc) is 2.56. The van der Waals surface area contributed by atoms with Crippen LogP contribution in [0.4, 0.5) is 0 Å². The molecule has 0 aliphatic carbocycles. The maximum atomic E-state index is 12.6. The van der Waals surface area contributed by atoms with Gasteiger partial charge in [0.1, 0.15) is 6.10 Å². The highest BCUT2D eigenvalue weighted by molar-refractivity contribution is 5.84. The number of hydroxylamine groups is 2. The van der Waals surface area contributed by atoms with E-state index in [4.69, 9.17) is 9.57 Å². The molecular formula is C13H21NO5. The number of fused-ring (bicyclic) bond motifs is 1. The highest BCUT2D eigenvalue weighted by Crippen LogP contribution is 2.55. The lowest BCUT2D eigenvalue weighted by molar-refractivity contribution is -0.391. The molecule has 0 radical (unpaired) electrons. The van der Waals surface area contributed by atoms with E-state index in [0.717, 1.165) is 19.3 Å². The van der Waals surface area contributed by atoms with Gasteiger partial charge in [-0.25, -0.2) is 0 Å². The van der Waals surface area contributed by atoms with Crippen LogP contribution in [-0.2, 0) is 14.4 Å². The van der Waals surface area contributed by atoms with Crippen molar-refractivity contribution in [3.63, 3.8) is 0 Å². The van der Waals surface area contributed by atoms with Gasteiger partial charge in [-0.2, -0.15) is 5.06 Å². The molecule has 1 amide bonds. The molecule has 0 aromatic rings. The van der Waals surface area contributed by atoms with Crippen molar-refractivity contribution in [2.24, 2.45) is 5.41 Å². The van der Waals surface area contributed by atoms with Gasteiger partial charge in [0, 0.05) is 12.8 Å². The first kappa shape index (κ1) is 13.3. The Morgan fingerprint density at radius 1 is 1.32 bits per heavy atom. The first-order chi connectivity index (χ1) is 8.83. The fourth-order valence-corrected chi connectivity index (χ4v) is 3.28. The van der Waals surface area contributed by atoms with Gasteiger partial charge < -0.3 is 14.9 Å². The van der Waals surface area contributed by atoms with E-state index in [1.54, 1.807) is 13.8 Å². The Hall–Kier alpha value is -0.690. The third-order valence-corrected chi connectivity index (χ3v) is 4.78. The van der Waals surface area contributed by atoms with Crippen molar-refractivity contribution in [1.29, 1.82) is 0 Å². The smallest absolute Gasteiger partial charge is 0.260 e. The Balaban J connectivity index is 2.06. The molecule has 3 heterocycles. The number of hydrogen-bond acceptors (Lipinski definition) is 5. The first-order valence-corrected chi connectivity index (χ1v) is 6.92. The predicted octanol–water partition coefficient (Wildman–Crippen LogP) is 0.526. The molecule has 3 aliphatic heterocycles. The predicted molar refractivity (Wildman–Crippen MR) is 64.4 cm³/mol. The van der Waals surface area contributed by atoms with Gasteiger partial charge >= 0.3 is 0 Å². The molecule has 19 heavy (non-hydrogen) atoms. The minimum atomic E-state index is -1.62. The molecule has 3 rings (SSSR count). The quantitative estimate of drug-likeness (QED) is 0.671. The molecule has 2 bridgehead atoms. The lowest BCUT2D eigenvalue weighted by atomic mass is 9.80. The molecule has 3 saturated heterocycles. The third-order valence-electron chi connectivity index (χ3n) is 4.78. The maximum Gasteiger partial charge on any atom is 0.260 e. The van der Waals surface area contributed by atoms with Crippen LogP contribution in [-0.4, -0.2) is 45.4 Å². The zero-order valence-corrected chi connectivity index (χ0v) is 11.4. The molecule has 3 atom stereocenters. The zero-order chi connectivity index (χ0) is 13.9. The molecule has 108 valence electrons. The maximum absolute atomic E-state index is 12.6. The fourth-order valence-electron chi connectivity index (χ4n) is 3.28. The standard InChI is InChI=1S/C13H21NO5/c1-11(2)10(16)14-12(6-4-3-5-7-18-14)9(15)8-13(11,17)19-12/h9,15,17H,3-8H2,1-2H3/t9-,12-,13+/m0/s1. The number of aliphatic hydroxyl groups is 2. The zero-order valence-electron chi connectivity index (χ0n) is 11.4. The van der Waals surface area contributed by atoms with Crippen LogP contribution in [0.3, 0.4) is 0 Å². The number of carbonyl (C=O) groups is 1. The van der Waals surface area contributed by atoms with Gasteiger partial charge in [-0.1, -0.05) is 6.42 Å². The van der Waals surface area contributed by atoms with E-state index in [1.807, 2.05) is 0 Å². The van der Waals surface area contributed by atoms with E-state index in [9.17, 15) is 15.0 Å². The summed E-state index contributed by atoms with van der Waals surface area (Å²) in [6.07, 6.45) is 2.26. The summed E-state index contributed by atoms with van der Waals surface area (Å²) in [5.74, 6) is -1.94. The van der Waals surface area contributed by atoms with Gasteiger partial charge in [0.05, 0.1) is 12.0 Å². The van der Waals surface area contributed by atoms with Gasteiger partial charge in [-0.15, -0.1) is 0 Å². The van der Waals surface area contributed by atoms with E-state index in [0.29, 0.717) is 13.0 Å². The molecule has 3 aliphatic rings. The summed E-state index contributed by atoms with van der Waals surface area (Å²) >= 11 is 0. The lowest BCUT2D eigenvalue weighted by Gasteiger charge is -2.52. The van der Waals surface area contributed by atoms with Crippen molar-refractivity contribution in [2.75, 3.05) is 6.61 Å². The second-order valence-electron chi connectivity index (χ2n) is 6.32. The molecule has 0 unspecified atom stereocenters. The normalized spacial score (nSPS) is 45.6. The summed E-state index contributed by atoms with van der Waals surface area (Å²) in [7, 11) is 0. The topological polar surface area (TPSA) is 79.2 Å². The molecule has 6 heteroatoms. The largest absolute Gasteiger partial charge is 0.388 e. The second-order valence-corrected chi connectivity index (χ2v) is 6.32. The van der Waals surface area contributed by atoms with Crippen LogP contribution in [0.15, 0.2) is 0 Å². The van der Waals surface area contributed by atoms with Crippen LogP contribution >= 0.6 is 0 Å². The summed E-state index contributed by atoms with van der Waals surface area (Å²) in [4.78, 5) is 18.2. The third kappa shape index (κ3) is 1.54. The minimum Gasteiger partial charge on any atom is -0.388 e. The van der Waals surface area contributed by atoms with E-state index in [-0.39, 0.29) is 12.3 Å². The molecule has 0 aromatic carbocycles. The van der Waals surface area contributed by atoms with Crippen molar-refractivity contribution in [2.45, 2.75) is 63.6 Å². The summed E-state index contributed by atoms with van der Waals surface area (Å²) in [5, 5.41) is 22.2. The number of ether oxygens (including phenoxy) is 1. The van der Waals surface area contributed by atoms with Crippen molar-refractivity contribution in [1.82, 2.24) is 5.06 Å². The van der Waals surface area contributed by atoms with E-state index in [2.05, 4.69) is 0 Å². The first-order valence-electron chi connectivity index (χ1n) is 6.92. The summed E-state index contributed by atoms with van der Waals surface area (Å²) in [6.45, 7) is 3.68. The molecule has 6 nitrogen and oxygen atoms in total. The summed E-state index contributed by atoms with van der Waals surface area (Å²) in [6, 6.07) is 0. The molecular weight excluding hydrogens is 250 g/mol. The summed E-state index contributed by atoms with van der Waals surface area (Å²) < 4.78 is 5.80. The molecule has 1 spiro atoms. The molecule has 3 fully saturated rings. The highest BCUT2D eigenvalue weighted by Gasteiger charge is 2.72. The Labute approximate surface area is 112 Å². The average molecular weight is 271 g/mol. The Kier molecular flexibility index (Phi) is 2.74. The molecule has 0 aromatic heterocycles. The van der Waals surface area contributed by atoms with Gasteiger partial charge in [-0.3, -0.25) is 9.63 Å². The number of nitrogens with zero attached hydrogens (tertiary/aromatic N) is 1. The number of hydrogen-bond donors (Lipinski definition) is 2.